The van der Waals surface area contributed by atoms with E-state index in [1.807, 2.05) is 27.7 Å². The van der Waals surface area contributed by atoms with Gasteiger partial charge in [-0.1, -0.05) is 6.92 Å². The lowest BCUT2D eigenvalue weighted by molar-refractivity contribution is 0.0370. The largest absolute Gasteiger partial charge is 0.444 e. The molecule has 3 atom stereocenters. The summed E-state index contributed by atoms with van der Waals surface area (Å²) in [5.41, 5.74) is -0.468. The second-order valence-corrected chi connectivity index (χ2v) is 5.70. The van der Waals surface area contributed by atoms with E-state index in [0.29, 0.717) is 12.3 Å². The van der Waals surface area contributed by atoms with Gasteiger partial charge in [0.15, 0.2) is 0 Å². The fourth-order valence-corrected chi connectivity index (χ4v) is 1.90. The predicted octanol–water partition coefficient (Wildman–Crippen LogP) is 2.06. The number of rotatable bonds is 1. The Morgan fingerprint density at radius 3 is 2.50 bits per heavy atom. The Hall–Kier alpha value is -0.770. The molecule has 16 heavy (non-hydrogen) atoms. The molecule has 0 saturated heterocycles. The van der Waals surface area contributed by atoms with E-state index in [0.717, 1.165) is 12.8 Å². The highest BCUT2D eigenvalue weighted by Crippen LogP contribution is 2.24. The Balaban J connectivity index is 2.35. The Bertz CT molecular complexity index is 247. The summed E-state index contributed by atoms with van der Waals surface area (Å²) in [4.78, 5) is 11.5. The first-order chi connectivity index (χ1) is 7.28. The lowest BCUT2D eigenvalue weighted by atomic mass is 9.85. The minimum absolute atomic E-state index is 0.0426. The third-order valence-corrected chi connectivity index (χ3v) is 2.87. The lowest BCUT2D eigenvalue weighted by Gasteiger charge is -2.32. The Labute approximate surface area is 97.4 Å². The fourth-order valence-electron chi connectivity index (χ4n) is 1.90. The number of nitrogens with one attached hydrogen (secondary N) is 1. The van der Waals surface area contributed by atoms with Crippen LogP contribution < -0.4 is 5.32 Å². The smallest absolute Gasteiger partial charge is 0.407 e. The SMILES string of the molecule is C[C@@H]1CCC(NC(=O)OC(C)(C)C)C[C@H]1O. The zero-order chi connectivity index (χ0) is 12.3. The molecule has 0 radical (unpaired) electrons. The number of ether oxygens (including phenoxy) is 1. The maximum Gasteiger partial charge on any atom is 0.407 e. The summed E-state index contributed by atoms with van der Waals surface area (Å²) in [6.45, 7) is 7.55. The van der Waals surface area contributed by atoms with Crippen molar-refractivity contribution in [2.24, 2.45) is 5.92 Å². The second kappa shape index (κ2) is 5.04. The average Bonchev–Trinajstić information content (AvgIpc) is 2.08. The van der Waals surface area contributed by atoms with Crippen molar-refractivity contribution in [3.05, 3.63) is 0 Å². The molecule has 1 aliphatic carbocycles. The number of aliphatic hydroxyl groups excluding tert-OH is 1. The summed E-state index contributed by atoms with van der Waals surface area (Å²) in [5.74, 6) is 0.330. The van der Waals surface area contributed by atoms with Gasteiger partial charge in [0.2, 0.25) is 0 Å². The molecular weight excluding hydrogens is 206 g/mol. The van der Waals surface area contributed by atoms with Crippen molar-refractivity contribution in [3.8, 4) is 0 Å². The minimum Gasteiger partial charge on any atom is -0.444 e. The van der Waals surface area contributed by atoms with Gasteiger partial charge in [-0.15, -0.1) is 0 Å². The van der Waals surface area contributed by atoms with Crippen LogP contribution in [0.4, 0.5) is 4.79 Å². The third kappa shape index (κ3) is 4.39. The molecule has 1 unspecified atom stereocenters. The molecule has 0 aliphatic heterocycles. The van der Waals surface area contributed by atoms with Gasteiger partial charge < -0.3 is 15.2 Å². The molecule has 1 fully saturated rings. The first-order valence-electron chi connectivity index (χ1n) is 5.95. The first kappa shape index (κ1) is 13.3. The molecule has 1 saturated carbocycles. The van der Waals surface area contributed by atoms with E-state index in [4.69, 9.17) is 4.74 Å². The molecule has 1 aliphatic rings. The third-order valence-electron chi connectivity index (χ3n) is 2.87. The second-order valence-electron chi connectivity index (χ2n) is 5.70. The van der Waals surface area contributed by atoms with Crippen LogP contribution in [-0.2, 0) is 4.74 Å². The number of carbonyl (C=O) groups excluding carboxylic acids is 1. The molecule has 2 N–H and O–H groups in total. The average molecular weight is 229 g/mol. The van der Waals surface area contributed by atoms with Gasteiger partial charge in [0.1, 0.15) is 5.60 Å². The zero-order valence-corrected chi connectivity index (χ0v) is 10.6. The molecule has 4 heteroatoms. The molecule has 94 valence electrons. The van der Waals surface area contributed by atoms with Crippen LogP contribution in [0, 0.1) is 5.92 Å². The van der Waals surface area contributed by atoms with E-state index in [2.05, 4.69) is 5.32 Å². The molecule has 0 aromatic heterocycles. The van der Waals surface area contributed by atoms with Gasteiger partial charge in [0.25, 0.3) is 0 Å². The van der Waals surface area contributed by atoms with E-state index in [9.17, 15) is 9.90 Å². The van der Waals surface area contributed by atoms with Crippen LogP contribution in [0.1, 0.15) is 47.0 Å². The van der Waals surface area contributed by atoms with E-state index in [-0.39, 0.29) is 18.2 Å². The molecule has 1 rings (SSSR count). The highest BCUT2D eigenvalue weighted by Gasteiger charge is 2.28. The molecule has 1 amide bonds. The Morgan fingerprint density at radius 2 is 2.00 bits per heavy atom. The Morgan fingerprint density at radius 1 is 1.38 bits per heavy atom. The highest BCUT2D eigenvalue weighted by atomic mass is 16.6. The molecule has 0 aromatic carbocycles. The fraction of sp³-hybridized carbons (Fsp3) is 0.917. The van der Waals surface area contributed by atoms with Crippen molar-refractivity contribution in [1.82, 2.24) is 5.32 Å². The summed E-state index contributed by atoms with van der Waals surface area (Å²) >= 11 is 0. The van der Waals surface area contributed by atoms with Crippen LogP contribution in [-0.4, -0.2) is 28.9 Å². The van der Waals surface area contributed by atoms with Crippen molar-refractivity contribution in [2.75, 3.05) is 0 Å². The van der Waals surface area contributed by atoms with E-state index >= 15 is 0 Å². The minimum atomic E-state index is -0.468. The number of carbonyl (C=O) groups is 1. The van der Waals surface area contributed by atoms with Gasteiger partial charge in [-0.05, 0) is 46.0 Å². The van der Waals surface area contributed by atoms with Gasteiger partial charge in [0.05, 0.1) is 6.10 Å². The van der Waals surface area contributed by atoms with Crippen molar-refractivity contribution < 1.29 is 14.6 Å². The summed E-state index contributed by atoms with van der Waals surface area (Å²) in [6.07, 6.45) is 1.78. The normalized spacial score (nSPS) is 30.9. The molecule has 0 aromatic rings. The highest BCUT2D eigenvalue weighted by molar-refractivity contribution is 5.68. The van der Waals surface area contributed by atoms with Crippen LogP contribution >= 0.6 is 0 Å². The molecule has 0 bridgehead atoms. The van der Waals surface area contributed by atoms with E-state index in [1.165, 1.54) is 0 Å². The lowest BCUT2D eigenvalue weighted by Crippen LogP contribution is -2.44. The van der Waals surface area contributed by atoms with Gasteiger partial charge >= 0.3 is 6.09 Å². The van der Waals surface area contributed by atoms with Crippen molar-refractivity contribution >= 4 is 6.09 Å². The number of amides is 1. The zero-order valence-electron chi connectivity index (χ0n) is 10.6. The molecule has 4 nitrogen and oxygen atoms in total. The van der Waals surface area contributed by atoms with Crippen LogP contribution in [0.15, 0.2) is 0 Å². The van der Waals surface area contributed by atoms with Crippen molar-refractivity contribution in [3.63, 3.8) is 0 Å². The standard InChI is InChI=1S/C12H23NO3/c1-8-5-6-9(7-10(8)14)13-11(15)16-12(2,3)4/h8-10,14H,5-7H2,1-4H3,(H,13,15)/t8-,9?,10-/m1/s1. The van der Waals surface area contributed by atoms with Crippen LogP contribution in [0.2, 0.25) is 0 Å². The molecule has 0 spiro atoms. The van der Waals surface area contributed by atoms with Crippen molar-refractivity contribution in [1.29, 1.82) is 0 Å². The summed E-state index contributed by atoms with van der Waals surface area (Å²) in [5, 5.41) is 12.5. The number of hydrogen-bond acceptors (Lipinski definition) is 3. The predicted molar refractivity (Wildman–Crippen MR) is 62.2 cm³/mol. The molecule has 0 heterocycles. The maximum atomic E-state index is 11.5. The topological polar surface area (TPSA) is 58.6 Å². The number of alkyl carbamates (subject to hydrolysis) is 1. The summed E-state index contributed by atoms with van der Waals surface area (Å²) in [6, 6.07) is 0.0426. The summed E-state index contributed by atoms with van der Waals surface area (Å²) < 4.78 is 5.17. The van der Waals surface area contributed by atoms with Gasteiger partial charge in [-0.2, -0.15) is 0 Å². The van der Waals surface area contributed by atoms with Gasteiger partial charge in [-0.3, -0.25) is 0 Å². The van der Waals surface area contributed by atoms with Crippen LogP contribution in [0.3, 0.4) is 0 Å². The van der Waals surface area contributed by atoms with E-state index in [1.54, 1.807) is 0 Å². The van der Waals surface area contributed by atoms with Crippen LogP contribution in [0.5, 0.6) is 0 Å². The Kier molecular flexibility index (Phi) is 4.19. The number of aliphatic hydroxyl groups is 1. The quantitative estimate of drug-likeness (QED) is 0.723. The van der Waals surface area contributed by atoms with Gasteiger partial charge in [-0.25, -0.2) is 4.79 Å². The summed E-state index contributed by atoms with van der Waals surface area (Å²) in [7, 11) is 0. The van der Waals surface area contributed by atoms with Crippen LogP contribution in [0.25, 0.3) is 0 Å². The van der Waals surface area contributed by atoms with Gasteiger partial charge in [0, 0.05) is 6.04 Å². The maximum absolute atomic E-state index is 11.5. The van der Waals surface area contributed by atoms with Crippen molar-refractivity contribution in [2.45, 2.75) is 64.7 Å². The first-order valence-corrected chi connectivity index (χ1v) is 5.95. The molecular formula is C12H23NO3. The number of hydrogen-bond donors (Lipinski definition) is 2. The van der Waals surface area contributed by atoms with E-state index < -0.39 is 5.60 Å². The monoisotopic (exact) mass is 229 g/mol.